The summed E-state index contributed by atoms with van der Waals surface area (Å²) in [5.74, 6) is 0.00317. The number of aliphatic hydroxyl groups excluding tert-OH is 2. The van der Waals surface area contributed by atoms with E-state index in [2.05, 4.69) is 47.5 Å². The molecule has 3 saturated heterocycles. The van der Waals surface area contributed by atoms with Crippen molar-refractivity contribution in [3.05, 3.63) is 52.2 Å². The summed E-state index contributed by atoms with van der Waals surface area (Å²) in [6.07, 6.45) is 10.1. The number of nitrogens with zero attached hydrogens (tertiary/aromatic N) is 1. The van der Waals surface area contributed by atoms with Crippen molar-refractivity contribution in [2.24, 2.45) is 17.1 Å². The Morgan fingerprint density at radius 3 is 2.76 bits per heavy atom. The maximum atomic E-state index is 10.1. The van der Waals surface area contributed by atoms with Crippen molar-refractivity contribution in [2.75, 3.05) is 39.3 Å². The van der Waals surface area contributed by atoms with Crippen LogP contribution in [0.3, 0.4) is 0 Å². The zero-order chi connectivity index (χ0) is 29.4. The summed E-state index contributed by atoms with van der Waals surface area (Å²) in [7, 11) is 0. The number of allylic oxidation sites excluding steroid dienone is 1. The van der Waals surface area contributed by atoms with E-state index in [1.807, 2.05) is 13.8 Å². The van der Waals surface area contributed by atoms with Gasteiger partial charge < -0.3 is 35.6 Å². The lowest BCUT2D eigenvalue weighted by molar-refractivity contribution is -0.190. The SMILES string of the molecule is Cc1cc(/C=C/CCN2CCCC3(CCNCC3)C2)ccc1C/C(C(=N)O[C@H]1C[C@@H](O)C[C@@H](CO)O1)=C(/N)C(C)C. The van der Waals surface area contributed by atoms with Crippen LogP contribution in [0.15, 0.2) is 35.5 Å². The minimum absolute atomic E-state index is 0.0423. The molecular formula is C33H52N4O4. The van der Waals surface area contributed by atoms with E-state index in [0.717, 1.165) is 24.1 Å². The van der Waals surface area contributed by atoms with Crippen LogP contribution in [0, 0.1) is 23.7 Å². The number of rotatable bonds is 10. The third-order valence-electron chi connectivity index (χ3n) is 9.10. The van der Waals surface area contributed by atoms with Crippen molar-refractivity contribution in [1.29, 1.82) is 5.41 Å². The van der Waals surface area contributed by atoms with Crippen LogP contribution < -0.4 is 11.1 Å². The fraction of sp³-hybridized carbons (Fsp3) is 0.667. The van der Waals surface area contributed by atoms with E-state index in [-0.39, 0.29) is 24.8 Å². The number of likely N-dealkylation sites (tertiary alicyclic amines) is 1. The van der Waals surface area contributed by atoms with Crippen molar-refractivity contribution in [3.8, 4) is 0 Å². The molecule has 41 heavy (non-hydrogen) atoms. The summed E-state index contributed by atoms with van der Waals surface area (Å²) in [5.41, 5.74) is 11.7. The third kappa shape index (κ3) is 8.88. The van der Waals surface area contributed by atoms with Crippen molar-refractivity contribution in [2.45, 2.75) is 90.6 Å². The van der Waals surface area contributed by atoms with Crippen LogP contribution in [0.5, 0.6) is 0 Å². The van der Waals surface area contributed by atoms with E-state index in [1.165, 1.54) is 57.4 Å². The smallest absolute Gasteiger partial charge is 0.213 e. The molecule has 8 heteroatoms. The first kappa shape index (κ1) is 31.7. The lowest BCUT2D eigenvalue weighted by Gasteiger charge is -2.45. The van der Waals surface area contributed by atoms with Crippen molar-refractivity contribution in [1.82, 2.24) is 10.2 Å². The highest BCUT2D eigenvalue weighted by Crippen LogP contribution is 2.38. The fourth-order valence-corrected chi connectivity index (χ4v) is 6.56. The molecule has 6 N–H and O–H groups in total. The van der Waals surface area contributed by atoms with Gasteiger partial charge in [0.25, 0.3) is 0 Å². The summed E-state index contributed by atoms with van der Waals surface area (Å²) >= 11 is 0. The van der Waals surface area contributed by atoms with Crippen LogP contribution in [-0.2, 0) is 15.9 Å². The fourth-order valence-electron chi connectivity index (χ4n) is 6.56. The Balaban J connectivity index is 1.34. The van der Waals surface area contributed by atoms with Gasteiger partial charge in [0.1, 0.15) is 0 Å². The van der Waals surface area contributed by atoms with Gasteiger partial charge >= 0.3 is 0 Å². The Morgan fingerprint density at radius 1 is 1.27 bits per heavy atom. The van der Waals surface area contributed by atoms with E-state index in [1.54, 1.807) is 0 Å². The van der Waals surface area contributed by atoms with Gasteiger partial charge in [-0.05, 0) is 86.7 Å². The predicted molar refractivity (Wildman–Crippen MR) is 165 cm³/mol. The molecular weight excluding hydrogens is 516 g/mol. The molecule has 3 aliphatic rings. The number of benzene rings is 1. The van der Waals surface area contributed by atoms with E-state index in [9.17, 15) is 10.2 Å². The molecule has 0 aromatic heterocycles. The number of aliphatic hydroxyl groups is 2. The Kier molecular flexibility index (Phi) is 11.4. The van der Waals surface area contributed by atoms with Crippen LogP contribution in [0.2, 0.25) is 0 Å². The molecule has 1 aromatic carbocycles. The van der Waals surface area contributed by atoms with Gasteiger partial charge in [0.15, 0.2) is 0 Å². The molecule has 1 spiro atoms. The van der Waals surface area contributed by atoms with E-state index < -0.39 is 18.5 Å². The molecule has 0 saturated carbocycles. The molecule has 0 unspecified atom stereocenters. The first-order chi connectivity index (χ1) is 19.7. The normalized spacial score (nSPS) is 26.0. The number of nitrogens with one attached hydrogen (secondary N) is 2. The highest BCUT2D eigenvalue weighted by Gasteiger charge is 2.36. The van der Waals surface area contributed by atoms with Crippen LogP contribution in [-0.4, -0.2) is 78.8 Å². The average Bonchev–Trinajstić information content (AvgIpc) is 2.94. The standard InChI is InChI=1S/C33H52N4O4/c1-23(2)31(34)29(32(35)41-30-20-27(39)19-28(21-38)40-30)18-26-9-8-25(17-24(26)3)7-4-5-15-37-16-6-10-33(22-37)11-13-36-14-12-33/h4,7-9,17,23,27-28,30,35-36,38-39H,5-6,10-16,18-22,34H2,1-3H3/b7-4+,31-29-,35-32?/t27-,28-,30-/m0/s1. The van der Waals surface area contributed by atoms with Gasteiger partial charge in [-0.25, -0.2) is 0 Å². The van der Waals surface area contributed by atoms with Gasteiger partial charge in [0.2, 0.25) is 12.2 Å². The monoisotopic (exact) mass is 568 g/mol. The molecule has 228 valence electrons. The third-order valence-corrected chi connectivity index (χ3v) is 9.10. The van der Waals surface area contributed by atoms with Gasteiger partial charge in [0.05, 0.1) is 18.8 Å². The van der Waals surface area contributed by atoms with Gasteiger partial charge in [-0.2, -0.15) is 0 Å². The average molecular weight is 569 g/mol. The first-order valence-corrected chi connectivity index (χ1v) is 15.6. The topological polar surface area (TPSA) is 124 Å². The lowest BCUT2D eigenvalue weighted by Crippen LogP contribution is -2.48. The molecule has 1 aromatic rings. The van der Waals surface area contributed by atoms with Gasteiger partial charge in [-0.1, -0.05) is 44.2 Å². The zero-order valence-electron chi connectivity index (χ0n) is 25.3. The number of hydrogen-bond acceptors (Lipinski definition) is 8. The second-order valence-corrected chi connectivity index (χ2v) is 12.7. The minimum atomic E-state index is -0.790. The van der Waals surface area contributed by atoms with Gasteiger partial charge in [0, 0.05) is 43.6 Å². The van der Waals surface area contributed by atoms with E-state index in [0.29, 0.717) is 29.5 Å². The number of hydrogen-bond donors (Lipinski definition) is 5. The Labute approximate surface area is 246 Å². The van der Waals surface area contributed by atoms with Crippen LogP contribution >= 0.6 is 0 Å². The second-order valence-electron chi connectivity index (χ2n) is 12.7. The molecule has 3 fully saturated rings. The minimum Gasteiger partial charge on any atom is -0.448 e. The number of aryl methyl sites for hydroxylation is 1. The molecule has 4 rings (SSSR count). The van der Waals surface area contributed by atoms with Gasteiger partial charge in [-0.15, -0.1) is 0 Å². The highest BCUT2D eigenvalue weighted by atomic mass is 16.7. The molecule has 0 amide bonds. The summed E-state index contributed by atoms with van der Waals surface area (Å²) in [6.45, 7) is 11.8. The number of piperidine rings is 2. The number of nitrogens with two attached hydrogens (primary N) is 1. The maximum Gasteiger partial charge on any atom is 0.213 e. The lowest BCUT2D eigenvalue weighted by atomic mass is 9.73. The number of ether oxygens (including phenoxy) is 2. The van der Waals surface area contributed by atoms with Crippen LogP contribution in [0.25, 0.3) is 6.08 Å². The molecule has 0 radical (unpaired) electrons. The summed E-state index contributed by atoms with van der Waals surface area (Å²) < 4.78 is 11.6. The van der Waals surface area contributed by atoms with Crippen LogP contribution in [0.4, 0.5) is 0 Å². The molecule has 3 heterocycles. The van der Waals surface area contributed by atoms with E-state index in [4.69, 9.17) is 20.6 Å². The molecule has 0 aliphatic carbocycles. The molecule has 8 nitrogen and oxygen atoms in total. The maximum absolute atomic E-state index is 10.1. The Morgan fingerprint density at radius 2 is 2.05 bits per heavy atom. The quantitative estimate of drug-likeness (QED) is 0.212. The van der Waals surface area contributed by atoms with Crippen molar-refractivity contribution < 1.29 is 19.7 Å². The van der Waals surface area contributed by atoms with Crippen LogP contribution in [0.1, 0.15) is 75.5 Å². The summed E-state index contributed by atoms with van der Waals surface area (Å²) in [5, 5.41) is 31.8. The highest BCUT2D eigenvalue weighted by molar-refractivity contribution is 5.92. The molecule has 3 atom stereocenters. The molecule has 3 aliphatic heterocycles. The van der Waals surface area contributed by atoms with E-state index >= 15 is 0 Å². The predicted octanol–water partition coefficient (Wildman–Crippen LogP) is 4.13. The second kappa shape index (κ2) is 14.8. The van der Waals surface area contributed by atoms with Gasteiger partial charge in [-0.3, -0.25) is 5.41 Å². The summed E-state index contributed by atoms with van der Waals surface area (Å²) in [6, 6.07) is 6.44. The van der Waals surface area contributed by atoms with Crippen molar-refractivity contribution in [3.63, 3.8) is 0 Å². The summed E-state index contributed by atoms with van der Waals surface area (Å²) in [4.78, 5) is 2.67. The Hall–Kier alpha value is -2.23. The zero-order valence-corrected chi connectivity index (χ0v) is 25.3. The first-order valence-electron chi connectivity index (χ1n) is 15.6. The molecule has 0 bridgehead atoms. The largest absolute Gasteiger partial charge is 0.448 e. The Bertz CT molecular complexity index is 1070. The van der Waals surface area contributed by atoms with Crippen molar-refractivity contribution >= 4 is 12.0 Å².